The molecule has 1 fully saturated rings. The quantitative estimate of drug-likeness (QED) is 0.803. The van der Waals surface area contributed by atoms with Gasteiger partial charge in [0.05, 0.1) is 7.11 Å². The van der Waals surface area contributed by atoms with Gasteiger partial charge in [0.25, 0.3) is 0 Å². The van der Waals surface area contributed by atoms with Gasteiger partial charge in [-0.2, -0.15) is 13.2 Å². The van der Waals surface area contributed by atoms with Gasteiger partial charge in [-0.15, -0.1) is 0 Å². The predicted molar refractivity (Wildman–Crippen MR) is 78.7 cm³/mol. The lowest BCUT2D eigenvalue weighted by atomic mass is 10.1. The molecule has 1 aliphatic heterocycles. The Bertz CT molecular complexity index is 540. The van der Waals surface area contributed by atoms with Crippen molar-refractivity contribution in [1.82, 2.24) is 4.90 Å². The highest BCUT2D eigenvalue weighted by Crippen LogP contribution is 2.30. The fraction of sp³-hybridized carbons (Fsp3) is 0.562. The molecule has 7 heteroatoms. The van der Waals surface area contributed by atoms with Gasteiger partial charge in [0.1, 0.15) is 0 Å². The molecule has 0 bridgehead atoms. The Morgan fingerprint density at radius 1 is 1.22 bits per heavy atom. The van der Waals surface area contributed by atoms with Crippen molar-refractivity contribution < 1.29 is 27.4 Å². The van der Waals surface area contributed by atoms with E-state index in [0.29, 0.717) is 12.8 Å². The summed E-state index contributed by atoms with van der Waals surface area (Å²) in [5.74, 6) is 0.388. The SMILES string of the molecule is COc1cc(CCC(=O)N2CCCC2)ccc1OCC(F)(F)F. The number of methoxy groups -OCH3 is 1. The molecule has 1 saturated heterocycles. The Labute approximate surface area is 133 Å². The number of ether oxygens (including phenoxy) is 2. The summed E-state index contributed by atoms with van der Waals surface area (Å²) in [6.45, 7) is 0.259. The fourth-order valence-corrected chi connectivity index (χ4v) is 2.52. The van der Waals surface area contributed by atoms with Crippen molar-refractivity contribution in [3.05, 3.63) is 23.8 Å². The number of halogens is 3. The third-order valence-corrected chi connectivity index (χ3v) is 3.71. The van der Waals surface area contributed by atoms with Crippen LogP contribution < -0.4 is 9.47 Å². The van der Waals surface area contributed by atoms with Crippen molar-refractivity contribution in [2.75, 3.05) is 26.8 Å². The number of hydrogen-bond donors (Lipinski definition) is 0. The molecular formula is C16H20F3NO3. The molecule has 1 amide bonds. The standard InChI is InChI=1S/C16H20F3NO3/c1-22-14-10-12(4-6-13(14)23-11-16(17,18)19)5-7-15(21)20-8-2-3-9-20/h4,6,10H,2-3,5,7-9,11H2,1H3. The topological polar surface area (TPSA) is 38.8 Å². The van der Waals surface area contributed by atoms with Gasteiger partial charge in [-0.05, 0) is 37.0 Å². The number of nitrogens with zero attached hydrogens (tertiary/aromatic N) is 1. The summed E-state index contributed by atoms with van der Waals surface area (Å²) in [5.41, 5.74) is 0.828. The lowest BCUT2D eigenvalue weighted by Crippen LogP contribution is -2.27. The Balaban J connectivity index is 1.93. The molecular weight excluding hydrogens is 311 g/mol. The van der Waals surface area contributed by atoms with Crippen LogP contribution in [0.25, 0.3) is 0 Å². The molecule has 0 aliphatic carbocycles. The number of benzene rings is 1. The van der Waals surface area contributed by atoms with E-state index in [1.165, 1.54) is 13.2 Å². The minimum atomic E-state index is -4.40. The van der Waals surface area contributed by atoms with Crippen molar-refractivity contribution in [3.63, 3.8) is 0 Å². The molecule has 0 N–H and O–H groups in total. The average Bonchev–Trinajstić information content (AvgIpc) is 3.04. The van der Waals surface area contributed by atoms with E-state index in [-0.39, 0.29) is 17.4 Å². The molecule has 1 aromatic rings. The minimum absolute atomic E-state index is 0.0412. The van der Waals surface area contributed by atoms with E-state index in [1.807, 2.05) is 4.90 Å². The van der Waals surface area contributed by atoms with Crippen LogP contribution >= 0.6 is 0 Å². The van der Waals surface area contributed by atoms with Crippen molar-refractivity contribution in [1.29, 1.82) is 0 Å². The molecule has 0 saturated carbocycles. The molecule has 1 heterocycles. The molecule has 0 aromatic heterocycles. The third-order valence-electron chi connectivity index (χ3n) is 3.71. The second-order valence-corrected chi connectivity index (χ2v) is 5.48. The van der Waals surface area contributed by atoms with E-state index < -0.39 is 12.8 Å². The second kappa shape index (κ2) is 7.57. The van der Waals surface area contributed by atoms with E-state index in [0.717, 1.165) is 31.5 Å². The van der Waals surface area contributed by atoms with Crippen LogP contribution in [0.1, 0.15) is 24.8 Å². The fourth-order valence-electron chi connectivity index (χ4n) is 2.52. The van der Waals surface area contributed by atoms with Gasteiger partial charge in [-0.25, -0.2) is 0 Å². The van der Waals surface area contributed by atoms with Crippen LogP contribution in [0.2, 0.25) is 0 Å². The number of carbonyl (C=O) groups is 1. The molecule has 1 aliphatic rings. The molecule has 128 valence electrons. The predicted octanol–water partition coefficient (Wildman–Crippen LogP) is 3.19. The zero-order valence-electron chi connectivity index (χ0n) is 13.0. The van der Waals surface area contributed by atoms with E-state index in [1.54, 1.807) is 12.1 Å². The molecule has 1 aromatic carbocycles. The van der Waals surface area contributed by atoms with Gasteiger partial charge in [-0.3, -0.25) is 4.79 Å². The lowest BCUT2D eigenvalue weighted by Gasteiger charge is -2.16. The number of amides is 1. The number of hydrogen-bond acceptors (Lipinski definition) is 3. The van der Waals surface area contributed by atoms with Crippen LogP contribution in [0.4, 0.5) is 13.2 Å². The average molecular weight is 331 g/mol. The number of aryl methyl sites for hydroxylation is 1. The summed E-state index contributed by atoms with van der Waals surface area (Å²) in [6.07, 6.45) is -1.40. The van der Waals surface area contributed by atoms with Crippen LogP contribution in [0.3, 0.4) is 0 Å². The molecule has 0 unspecified atom stereocenters. The Hall–Kier alpha value is -1.92. The van der Waals surface area contributed by atoms with Gasteiger partial charge < -0.3 is 14.4 Å². The summed E-state index contributed by atoms with van der Waals surface area (Å²) in [5, 5.41) is 0. The van der Waals surface area contributed by atoms with Crippen LogP contribution in [-0.4, -0.2) is 43.8 Å². The first kappa shape index (κ1) is 17.4. The summed E-state index contributed by atoms with van der Waals surface area (Å²) in [4.78, 5) is 13.8. The highest BCUT2D eigenvalue weighted by molar-refractivity contribution is 5.76. The van der Waals surface area contributed by atoms with E-state index in [2.05, 4.69) is 0 Å². The molecule has 2 rings (SSSR count). The number of rotatable bonds is 6. The van der Waals surface area contributed by atoms with Crippen molar-refractivity contribution in [2.45, 2.75) is 31.9 Å². The maximum Gasteiger partial charge on any atom is 0.422 e. The third kappa shape index (κ3) is 5.33. The number of likely N-dealkylation sites (tertiary alicyclic amines) is 1. The highest BCUT2D eigenvalue weighted by Gasteiger charge is 2.29. The van der Waals surface area contributed by atoms with Gasteiger partial charge in [0.15, 0.2) is 18.1 Å². The summed E-state index contributed by atoms with van der Waals surface area (Å²) in [7, 11) is 1.37. The Kier molecular flexibility index (Phi) is 5.74. The van der Waals surface area contributed by atoms with Gasteiger partial charge in [0.2, 0.25) is 5.91 Å². The second-order valence-electron chi connectivity index (χ2n) is 5.48. The molecule has 0 atom stereocenters. The van der Waals surface area contributed by atoms with E-state index in [4.69, 9.17) is 9.47 Å². The zero-order chi connectivity index (χ0) is 16.9. The Morgan fingerprint density at radius 2 is 1.91 bits per heavy atom. The first-order valence-electron chi connectivity index (χ1n) is 7.53. The van der Waals surface area contributed by atoms with Crippen molar-refractivity contribution in [2.24, 2.45) is 0 Å². The van der Waals surface area contributed by atoms with Crippen LogP contribution in [0.5, 0.6) is 11.5 Å². The molecule has 4 nitrogen and oxygen atoms in total. The monoisotopic (exact) mass is 331 g/mol. The van der Waals surface area contributed by atoms with Gasteiger partial charge in [-0.1, -0.05) is 6.07 Å². The number of carbonyl (C=O) groups excluding carboxylic acids is 1. The first-order valence-corrected chi connectivity index (χ1v) is 7.53. The summed E-state index contributed by atoms with van der Waals surface area (Å²) < 4.78 is 46.4. The maximum absolute atomic E-state index is 12.2. The normalized spacial score (nSPS) is 14.9. The molecule has 0 radical (unpaired) electrons. The number of alkyl halides is 3. The highest BCUT2D eigenvalue weighted by atomic mass is 19.4. The minimum Gasteiger partial charge on any atom is -0.493 e. The lowest BCUT2D eigenvalue weighted by molar-refractivity contribution is -0.153. The van der Waals surface area contributed by atoms with E-state index >= 15 is 0 Å². The van der Waals surface area contributed by atoms with Crippen molar-refractivity contribution >= 4 is 5.91 Å². The van der Waals surface area contributed by atoms with Crippen molar-refractivity contribution in [3.8, 4) is 11.5 Å². The molecule has 0 spiro atoms. The molecule has 23 heavy (non-hydrogen) atoms. The first-order chi connectivity index (χ1) is 10.9. The Morgan fingerprint density at radius 3 is 2.52 bits per heavy atom. The van der Waals surface area contributed by atoms with Crippen LogP contribution in [0, 0.1) is 0 Å². The van der Waals surface area contributed by atoms with Crippen LogP contribution in [0.15, 0.2) is 18.2 Å². The largest absolute Gasteiger partial charge is 0.493 e. The van der Waals surface area contributed by atoms with Crippen LogP contribution in [-0.2, 0) is 11.2 Å². The van der Waals surface area contributed by atoms with E-state index in [9.17, 15) is 18.0 Å². The maximum atomic E-state index is 12.2. The van der Waals surface area contributed by atoms with Gasteiger partial charge in [0, 0.05) is 19.5 Å². The smallest absolute Gasteiger partial charge is 0.422 e. The zero-order valence-corrected chi connectivity index (χ0v) is 13.0. The van der Waals surface area contributed by atoms with Gasteiger partial charge >= 0.3 is 6.18 Å². The summed E-state index contributed by atoms with van der Waals surface area (Å²) >= 11 is 0. The summed E-state index contributed by atoms with van der Waals surface area (Å²) in [6, 6.07) is 4.72.